The van der Waals surface area contributed by atoms with Gasteiger partial charge in [0.2, 0.25) is 0 Å². The lowest BCUT2D eigenvalue weighted by atomic mass is 9.85. The van der Waals surface area contributed by atoms with Crippen LogP contribution in [-0.4, -0.2) is 26.2 Å². The van der Waals surface area contributed by atoms with Crippen molar-refractivity contribution in [3.05, 3.63) is 29.8 Å². The Morgan fingerprint density at radius 1 is 1.24 bits per heavy atom. The number of hydrogen-bond acceptors (Lipinski definition) is 2. The summed E-state index contributed by atoms with van der Waals surface area (Å²) in [6.45, 7) is 9.16. The standard InChI is InChI=1S/C15H24N2/c1-15(2,3)13-7-5-6-8-14(13)17-10-9-12(11-17)16-4/h5-8,12,16H,9-11H2,1-4H3. The molecule has 0 aromatic heterocycles. The first-order valence-electron chi connectivity index (χ1n) is 6.54. The lowest BCUT2D eigenvalue weighted by Gasteiger charge is -2.28. The highest BCUT2D eigenvalue weighted by Gasteiger charge is 2.26. The third-order valence-electron chi connectivity index (χ3n) is 3.65. The molecule has 0 radical (unpaired) electrons. The van der Waals surface area contributed by atoms with Gasteiger partial charge in [-0.15, -0.1) is 0 Å². The van der Waals surface area contributed by atoms with Crippen molar-refractivity contribution in [3.63, 3.8) is 0 Å². The number of nitrogens with zero attached hydrogens (tertiary/aromatic N) is 1. The first-order valence-corrected chi connectivity index (χ1v) is 6.54. The van der Waals surface area contributed by atoms with E-state index in [1.807, 2.05) is 0 Å². The molecule has 0 saturated carbocycles. The van der Waals surface area contributed by atoms with Gasteiger partial charge in [-0.05, 0) is 30.5 Å². The molecule has 0 spiro atoms. The fourth-order valence-electron chi connectivity index (χ4n) is 2.60. The van der Waals surface area contributed by atoms with Crippen LogP contribution in [0.4, 0.5) is 5.69 Å². The summed E-state index contributed by atoms with van der Waals surface area (Å²) in [7, 11) is 2.06. The predicted molar refractivity (Wildman–Crippen MR) is 74.8 cm³/mol. The molecule has 2 rings (SSSR count). The third kappa shape index (κ3) is 2.63. The summed E-state index contributed by atoms with van der Waals surface area (Å²) in [6.07, 6.45) is 1.25. The van der Waals surface area contributed by atoms with Crippen LogP contribution in [0.1, 0.15) is 32.8 Å². The Bertz CT molecular complexity index is 379. The van der Waals surface area contributed by atoms with Crippen LogP contribution in [0, 0.1) is 0 Å². The lowest BCUT2D eigenvalue weighted by molar-refractivity contribution is 0.587. The van der Waals surface area contributed by atoms with Crippen LogP contribution < -0.4 is 10.2 Å². The van der Waals surface area contributed by atoms with Gasteiger partial charge < -0.3 is 10.2 Å². The van der Waals surface area contributed by atoms with Gasteiger partial charge in [0.15, 0.2) is 0 Å². The Labute approximate surface area is 105 Å². The number of para-hydroxylation sites is 1. The topological polar surface area (TPSA) is 15.3 Å². The quantitative estimate of drug-likeness (QED) is 0.843. The van der Waals surface area contributed by atoms with Gasteiger partial charge in [-0.1, -0.05) is 39.0 Å². The smallest absolute Gasteiger partial charge is 0.0404 e. The molecule has 17 heavy (non-hydrogen) atoms. The highest BCUT2D eigenvalue weighted by molar-refractivity contribution is 5.57. The largest absolute Gasteiger partial charge is 0.370 e. The average molecular weight is 232 g/mol. The van der Waals surface area contributed by atoms with Gasteiger partial charge in [-0.2, -0.15) is 0 Å². The van der Waals surface area contributed by atoms with Crippen molar-refractivity contribution in [1.82, 2.24) is 5.32 Å². The Morgan fingerprint density at radius 2 is 1.94 bits per heavy atom. The van der Waals surface area contributed by atoms with E-state index in [1.165, 1.54) is 24.2 Å². The lowest BCUT2D eigenvalue weighted by Crippen LogP contribution is -2.30. The van der Waals surface area contributed by atoms with Gasteiger partial charge in [-0.25, -0.2) is 0 Å². The molecule has 0 amide bonds. The fourth-order valence-corrected chi connectivity index (χ4v) is 2.60. The van der Waals surface area contributed by atoms with E-state index in [0.29, 0.717) is 6.04 Å². The number of likely N-dealkylation sites (N-methyl/N-ethyl adjacent to an activating group) is 1. The number of anilines is 1. The summed E-state index contributed by atoms with van der Waals surface area (Å²) in [4.78, 5) is 2.52. The molecular weight excluding hydrogens is 208 g/mol. The maximum absolute atomic E-state index is 3.38. The molecule has 1 saturated heterocycles. The van der Waals surface area contributed by atoms with Crippen LogP contribution in [0.25, 0.3) is 0 Å². The highest BCUT2D eigenvalue weighted by atomic mass is 15.2. The average Bonchev–Trinajstić information content (AvgIpc) is 2.76. The molecule has 1 atom stereocenters. The summed E-state index contributed by atoms with van der Waals surface area (Å²) < 4.78 is 0. The van der Waals surface area contributed by atoms with Gasteiger partial charge in [0.05, 0.1) is 0 Å². The van der Waals surface area contributed by atoms with Crippen LogP contribution >= 0.6 is 0 Å². The van der Waals surface area contributed by atoms with Crippen molar-refractivity contribution < 1.29 is 0 Å². The maximum atomic E-state index is 3.38. The van der Waals surface area contributed by atoms with Crippen LogP contribution in [0.2, 0.25) is 0 Å². The van der Waals surface area contributed by atoms with Crippen LogP contribution in [0.15, 0.2) is 24.3 Å². The number of hydrogen-bond donors (Lipinski definition) is 1. The molecule has 0 aliphatic carbocycles. The monoisotopic (exact) mass is 232 g/mol. The van der Waals surface area contributed by atoms with Gasteiger partial charge in [-0.3, -0.25) is 0 Å². The maximum Gasteiger partial charge on any atom is 0.0404 e. The highest BCUT2D eigenvalue weighted by Crippen LogP contribution is 2.33. The minimum atomic E-state index is 0.217. The molecule has 0 bridgehead atoms. The van der Waals surface area contributed by atoms with Crippen molar-refractivity contribution in [1.29, 1.82) is 0 Å². The van der Waals surface area contributed by atoms with E-state index < -0.39 is 0 Å². The van der Waals surface area contributed by atoms with E-state index in [9.17, 15) is 0 Å². The zero-order chi connectivity index (χ0) is 12.5. The second kappa shape index (κ2) is 4.69. The van der Waals surface area contributed by atoms with Crippen molar-refractivity contribution in [3.8, 4) is 0 Å². The molecule has 1 aliphatic heterocycles. The van der Waals surface area contributed by atoms with Crippen molar-refractivity contribution in [2.24, 2.45) is 0 Å². The molecular formula is C15H24N2. The Hall–Kier alpha value is -1.02. The molecule has 1 aliphatic rings. The van der Waals surface area contributed by atoms with E-state index in [0.717, 1.165) is 6.54 Å². The molecule has 1 N–H and O–H groups in total. The van der Waals surface area contributed by atoms with Gasteiger partial charge in [0.25, 0.3) is 0 Å². The van der Waals surface area contributed by atoms with Gasteiger partial charge in [0.1, 0.15) is 0 Å². The molecule has 2 nitrogen and oxygen atoms in total. The fraction of sp³-hybridized carbons (Fsp3) is 0.600. The van der Waals surface area contributed by atoms with E-state index in [1.54, 1.807) is 0 Å². The van der Waals surface area contributed by atoms with Crippen molar-refractivity contribution in [2.75, 3.05) is 25.0 Å². The molecule has 94 valence electrons. The van der Waals surface area contributed by atoms with Crippen LogP contribution in [0.3, 0.4) is 0 Å². The third-order valence-corrected chi connectivity index (χ3v) is 3.65. The number of rotatable bonds is 2. The Morgan fingerprint density at radius 3 is 2.53 bits per heavy atom. The summed E-state index contributed by atoms with van der Waals surface area (Å²) in [5.41, 5.74) is 3.09. The summed E-state index contributed by atoms with van der Waals surface area (Å²) >= 11 is 0. The van der Waals surface area contributed by atoms with Crippen LogP contribution in [0.5, 0.6) is 0 Å². The Kier molecular flexibility index (Phi) is 3.43. The van der Waals surface area contributed by atoms with Gasteiger partial charge in [0, 0.05) is 24.8 Å². The van der Waals surface area contributed by atoms with E-state index >= 15 is 0 Å². The minimum absolute atomic E-state index is 0.217. The van der Waals surface area contributed by atoms with Gasteiger partial charge >= 0.3 is 0 Å². The SMILES string of the molecule is CNC1CCN(c2ccccc2C(C)(C)C)C1. The van der Waals surface area contributed by atoms with E-state index in [2.05, 4.69) is 62.3 Å². The zero-order valence-corrected chi connectivity index (χ0v) is 11.5. The van der Waals surface area contributed by atoms with E-state index in [-0.39, 0.29) is 5.41 Å². The second-order valence-corrected chi connectivity index (χ2v) is 5.99. The first kappa shape index (κ1) is 12.4. The predicted octanol–water partition coefficient (Wildman–Crippen LogP) is 2.78. The number of benzene rings is 1. The van der Waals surface area contributed by atoms with Crippen LogP contribution in [-0.2, 0) is 5.41 Å². The minimum Gasteiger partial charge on any atom is -0.370 e. The van der Waals surface area contributed by atoms with Crippen molar-refractivity contribution in [2.45, 2.75) is 38.6 Å². The molecule has 1 fully saturated rings. The zero-order valence-electron chi connectivity index (χ0n) is 11.5. The Balaban J connectivity index is 2.27. The summed E-state index contributed by atoms with van der Waals surface area (Å²) in [5, 5.41) is 3.38. The second-order valence-electron chi connectivity index (χ2n) is 5.99. The molecule has 2 heteroatoms. The van der Waals surface area contributed by atoms with E-state index in [4.69, 9.17) is 0 Å². The van der Waals surface area contributed by atoms with Crippen molar-refractivity contribution >= 4 is 5.69 Å². The molecule has 1 unspecified atom stereocenters. The summed E-state index contributed by atoms with van der Waals surface area (Å²) in [5.74, 6) is 0. The normalized spacial score (nSPS) is 20.9. The molecule has 1 aromatic carbocycles. The first-order chi connectivity index (χ1) is 8.02. The molecule has 1 heterocycles. The summed E-state index contributed by atoms with van der Waals surface area (Å²) in [6, 6.07) is 9.47. The number of nitrogens with one attached hydrogen (secondary N) is 1. The molecule has 1 aromatic rings.